The summed E-state index contributed by atoms with van der Waals surface area (Å²) in [5, 5.41) is 8.44. The Balaban J connectivity index is 2.08. The van der Waals surface area contributed by atoms with Crippen molar-refractivity contribution in [2.45, 2.75) is 13.8 Å². The summed E-state index contributed by atoms with van der Waals surface area (Å²) in [6.45, 7) is 3.71. The summed E-state index contributed by atoms with van der Waals surface area (Å²) in [5.74, 6) is -0.842. The maximum Gasteiger partial charge on any atom is 0.253 e. The number of halogens is 1. The van der Waals surface area contributed by atoms with Crippen LogP contribution < -0.4 is 16.0 Å². The van der Waals surface area contributed by atoms with E-state index < -0.39 is 0 Å². The van der Waals surface area contributed by atoms with Gasteiger partial charge in [0.05, 0.1) is 11.3 Å². The second-order valence-corrected chi connectivity index (χ2v) is 6.11. The molecule has 3 N–H and O–H groups in total. The highest BCUT2D eigenvalue weighted by Gasteiger charge is 2.12. The Labute approximate surface area is 162 Å². The van der Waals surface area contributed by atoms with Crippen LogP contribution in [0.3, 0.4) is 0 Å². The third kappa shape index (κ3) is 6.27. The Kier molecular flexibility index (Phi) is 7.14. The Bertz CT molecular complexity index is 877. The molecule has 140 valence electrons. The van der Waals surface area contributed by atoms with Crippen LogP contribution in [0.5, 0.6) is 0 Å². The van der Waals surface area contributed by atoms with Crippen molar-refractivity contribution < 1.29 is 14.4 Å². The average Bonchev–Trinajstić information content (AvgIpc) is 2.62. The second kappa shape index (κ2) is 9.54. The number of anilines is 2. The summed E-state index contributed by atoms with van der Waals surface area (Å²) in [6.07, 6.45) is 3.00. The first-order valence-electron chi connectivity index (χ1n) is 8.33. The first-order chi connectivity index (χ1) is 12.9. The highest BCUT2D eigenvalue weighted by atomic mass is 35.5. The molecule has 0 saturated carbocycles. The molecule has 2 aromatic carbocycles. The standard InChI is InChI=1S/C20H20ClN3O3/c1-3-22-20(27)17-12-15(21)7-10-18(17)24-19(26)11-6-14-4-8-16(9-5-14)23-13(2)25/h4-12H,3H2,1-2H3,(H,22,27)(H,23,25)(H,24,26)/b11-6+. The topological polar surface area (TPSA) is 87.3 Å². The van der Waals surface area contributed by atoms with E-state index in [0.29, 0.717) is 28.5 Å². The molecular formula is C20H20ClN3O3. The summed E-state index contributed by atoms with van der Waals surface area (Å²) >= 11 is 5.95. The molecule has 7 heteroatoms. The summed E-state index contributed by atoms with van der Waals surface area (Å²) in [5.41, 5.74) is 2.14. The van der Waals surface area contributed by atoms with Gasteiger partial charge >= 0.3 is 0 Å². The van der Waals surface area contributed by atoms with Gasteiger partial charge in [0.1, 0.15) is 0 Å². The van der Waals surface area contributed by atoms with Gasteiger partial charge in [-0.25, -0.2) is 0 Å². The molecule has 0 aromatic heterocycles. The number of rotatable bonds is 6. The Hall–Kier alpha value is -3.12. The minimum absolute atomic E-state index is 0.149. The molecule has 0 aliphatic rings. The molecule has 3 amide bonds. The minimum atomic E-state index is -0.381. The van der Waals surface area contributed by atoms with Crippen molar-refractivity contribution in [3.8, 4) is 0 Å². The summed E-state index contributed by atoms with van der Waals surface area (Å²) in [7, 11) is 0. The second-order valence-electron chi connectivity index (χ2n) is 5.68. The van der Waals surface area contributed by atoms with Crippen LogP contribution in [0.25, 0.3) is 6.08 Å². The molecule has 0 heterocycles. The lowest BCUT2D eigenvalue weighted by Crippen LogP contribution is -2.24. The van der Waals surface area contributed by atoms with Crippen LogP contribution in [-0.2, 0) is 9.59 Å². The molecule has 0 aliphatic carbocycles. The first-order valence-corrected chi connectivity index (χ1v) is 8.71. The van der Waals surface area contributed by atoms with Crippen LogP contribution in [0.4, 0.5) is 11.4 Å². The molecule has 0 atom stereocenters. The largest absolute Gasteiger partial charge is 0.352 e. The van der Waals surface area contributed by atoms with Crippen LogP contribution >= 0.6 is 11.6 Å². The molecule has 2 aromatic rings. The third-order valence-electron chi connectivity index (χ3n) is 3.48. The van der Waals surface area contributed by atoms with Gasteiger partial charge in [-0.15, -0.1) is 0 Å². The predicted octanol–water partition coefficient (Wildman–Crippen LogP) is 3.70. The number of amides is 3. The van der Waals surface area contributed by atoms with Crippen molar-refractivity contribution in [1.82, 2.24) is 5.32 Å². The lowest BCUT2D eigenvalue weighted by atomic mass is 10.1. The maximum atomic E-state index is 12.2. The van der Waals surface area contributed by atoms with Gasteiger partial charge < -0.3 is 16.0 Å². The SMILES string of the molecule is CCNC(=O)c1cc(Cl)ccc1NC(=O)/C=C/c1ccc(NC(C)=O)cc1. The fourth-order valence-electron chi connectivity index (χ4n) is 2.30. The van der Waals surface area contributed by atoms with Gasteiger partial charge in [-0.05, 0) is 48.9 Å². The predicted molar refractivity (Wildman–Crippen MR) is 108 cm³/mol. The van der Waals surface area contributed by atoms with Gasteiger partial charge in [0.15, 0.2) is 0 Å². The van der Waals surface area contributed by atoms with E-state index in [0.717, 1.165) is 5.56 Å². The van der Waals surface area contributed by atoms with Crippen molar-refractivity contribution in [3.63, 3.8) is 0 Å². The van der Waals surface area contributed by atoms with Crippen molar-refractivity contribution in [2.75, 3.05) is 17.2 Å². The highest BCUT2D eigenvalue weighted by molar-refractivity contribution is 6.31. The van der Waals surface area contributed by atoms with Crippen LogP contribution in [0.2, 0.25) is 5.02 Å². The first kappa shape index (κ1) is 20.2. The number of carbonyl (C=O) groups is 3. The summed E-state index contributed by atoms with van der Waals surface area (Å²) in [4.78, 5) is 35.3. The van der Waals surface area contributed by atoms with Crippen molar-refractivity contribution in [1.29, 1.82) is 0 Å². The van der Waals surface area contributed by atoms with E-state index in [4.69, 9.17) is 11.6 Å². The Morgan fingerprint density at radius 3 is 2.37 bits per heavy atom. The maximum absolute atomic E-state index is 12.2. The van der Waals surface area contributed by atoms with E-state index >= 15 is 0 Å². The van der Waals surface area contributed by atoms with Gasteiger partial charge in [-0.1, -0.05) is 23.7 Å². The molecule has 6 nitrogen and oxygen atoms in total. The molecule has 27 heavy (non-hydrogen) atoms. The van der Waals surface area contributed by atoms with Crippen molar-refractivity contribution in [2.24, 2.45) is 0 Å². The van der Waals surface area contributed by atoms with Gasteiger partial charge in [0, 0.05) is 30.3 Å². The van der Waals surface area contributed by atoms with E-state index in [2.05, 4.69) is 16.0 Å². The molecule has 0 spiro atoms. The Morgan fingerprint density at radius 1 is 1.04 bits per heavy atom. The monoisotopic (exact) mass is 385 g/mol. The number of nitrogens with one attached hydrogen (secondary N) is 3. The summed E-state index contributed by atoms with van der Waals surface area (Å²) < 4.78 is 0. The number of hydrogen-bond acceptors (Lipinski definition) is 3. The number of hydrogen-bond donors (Lipinski definition) is 3. The van der Waals surface area contributed by atoms with Crippen molar-refractivity contribution in [3.05, 3.63) is 64.7 Å². The molecule has 0 radical (unpaired) electrons. The Morgan fingerprint density at radius 2 is 1.74 bits per heavy atom. The minimum Gasteiger partial charge on any atom is -0.352 e. The van der Waals surface area contributed by atoms with Gasteiger partial charge in [0.2, 0.25) is 11.8 Å². The molecule has 0 unspecified atom stereocenters. The van der Waals surface area contributed by atoms with Gasteiger partial charge in [-0.3, -0.25) is 14.4 Å². The fourth-order valence-corrected chi connectivity index (χ4v) is 2.47. The van der Waals surface area contributed by atoms with E-state index in [1.54, 1.807) is 49.4 Å². The van der Waals surface area contributed by atoms with Crippen LogP contribution in [-0.4, -0.2) is 24.3 Å². The molecule has 2 rings (SSSR count). The van der Waals surface area contributed by atoms with Crippen molar-refractivity contribution >= 4 is 46.8 Å². The number of carbonyl (C=O) groups excluding carboxylic acids is 3. The van der Waals surface area contributed by atoms with Gasteiger partial charge in [0.25, 0.3) is 5.91 Å². The molecule has 0 fully saturated rings. The lowest BCUT2D eigenvalue weighted by molar-refractivity contribution is -0.114. The number of benzene rings is 2. The van der Waals surface area contributed by atoms with E-state index in [1.807, 2.05) is 0 Å². The zero-order valence-corrected chi connectivity index (χ0v) is 15.8. The van der Waals surface area contributed by atoms with Crippen LogP contribution in [0.1, 0.15) is 29.8 Å². The highest BCUT2D eigenvalue weighted by Crippen LogP contribution is 2.21. The van der Waals surface area contributed by atoms with E-state index in [-0.39, 0.29) is 17.7 Å². The molecule has 0 saturated heterocycles. The molecule has 0 aliphatic heterocycles. The zero-order chi connectivity index (χ0) is 19.8. The average molecular weight is 386 g/mol. The van der Waals surface area contributed by atoms with Crippen LogP contribution in [0, 0.1) is 0 Å². The quantitative estimate of drug-likeness (QED) is 0.662. The van der Waals surface area contributed by atoms with Crippen LogP contribution in [0.15, 0.2) is 48.5 Å². The fraction of sp³-hybridized carbons (Fsp3) is 0.150. The summed E-state index contributed by atoms with van der Waals surface area (Å²) in [6, 6.07) is 11.7. The van der Waals surface area contributed by atoms with E-state index in [9.17, 15) is 14.4 Å². The molecule has 0 bridgehead atoms. The smallest absolute Gasteiger partial charge is 0.253 e. The van der Waals surface area contributed by atoms with E-state index in [1.165, 1.54) is 19.1 Å². The van der Waals surface area contributed by atoms with Gasteiger partial charge in [-0.2, -0.15) is 0 Å². The lowest BCUT2D eigenvalue weighted by Gasteiger charge is -2.10. The molecular weight excluding hydrogens is 366 g/mol. The normalized spacial score (nSPS) is 10.5. The zero-order valence-electron chi connectivity index (χ0n) is 15.0. The third-order valence-corrected chi connectivity index (χ3v) is 3.71.